The molecule has 1 N–H and O–H groups in total. The number of alkyl halides is 1. The highest BCUT2D eigenvalue weighted by atomic mass is 19.1. The highest BCUT2D eigenvalue weighted by molar-refractivity contribution is 6.65. The van der Waals surface area contributed by atoms with Crippen LogP contribution in [0.25, 0.3) is 0 Å². The molecule has 2 heterocycles. The summed E-state index contributed by atoms with van der Waals surface area (Å²) in [4.78, 5) is 17.0. The minimum atomic E-state index is -0.468. The first-order chi connectivity index (χ1) is 16.0. The van der Waals surface area contributed by atoms with Crippen molar-refractivity contribution in [1.29, 1.82) is 0 Å². The molecule has 4 nitrogen and oxygen atoms in total. The summed E-state index contributed by atoms with van der Waals surface area (Å²) in [7, 11) is 0. The van der Waals surface area contributed by atoms with E-state index >= 15 is 0 Å². The van der Waals surface area contributed by atoms with Gasteiger partial charge in [-0.2, -0.15) is 0 Å². The number of nitrogens with zero attached hydrogens (tertiary/aromatic N) is 2. The Morgan fingerprint density at radius 2 is 1.82 bits per heavy atom. The summed E-state index contributed by atoms with van der Waals surface area (Å²) in [5.74, 6) is -0.237. The highest BCUT2D eigenvalue weighted by Crippen LogP contribution is 2.41. The van der Waals surface area contributed by atoms with Gasteiger partial charge in [-0.05, 0) is 62.0 Å². The normalized spacial score (nSPS) is 20.1. The predicted molar refractivity (Wildman–Crippen MR) is 132 cm³/mol. The summed E-state index contributed by atoms with van der Waals surface area (Å²) in [6.45, 7) is 6.27. The van der Waals surface area contributed by atoms with Crippen LogP contribution in [0.1, 0.15) is 43.5 Å². The van der Waals surface area contributed by atoms with Crippen molar-refractivity contribution in [3.05, 3.63) is 64.7 Å². The van der Waals surface area contributed by atoms with Crippen molar-refractivity contribution in [3.8, 4) is 0 Å². The molecule has 1 aromatic carbocycles. The van der Waals surface area contributed by atoms with Crippen LogP contribution in [-0.4, -0.2) is 55.4 Å². The minimum Gasteiger partial charge on any atom is -0.428 e. The summed E-state index contributed by atoms with van der Waals surface area (Å²) in [5.41, 5.74) is 3.91. The van der Waals surface area contributed by atoms with E-state index in [0.29, 0.717) is 44.5 Å². The number of hydrogen-bond donors (Lipinski definition) is 1. The molecular weight excluding hydrogens is 419 g/mol. The molecular formula is C26H34BF2N3O. The molecule has 3 fully saturated rings. The van der Waals surface area contributed by atoms with Crippen molar-refractivity contribution in [2.75, 3.05) is 38.1 Å². The maximum absolute atomic E-state index is 14.7. The Hall–Kier alpha value is -2.57. The summed E-state index contributed by atoms with van der Waals surface area (Å²) in [5, 5.41) is 3.33. The molecule has 1 saturated carbocycles. The first-order valence-corrected chi connectivity index (χ1v) is 12.2. The lowest BCUT2D eigenvalue weighted by molar-refractivity contribution is 0.0666. The predicted octanol–water partition coefficient (Wildman–Crippen LogP) is 5.55. The van der Waals surface area contributed by atoms with Gasteiger partial charge in [-0.15, -0.1) is 0 Å². The molecule has 0 radical (unpaired) electrons. The molecule has 1 amide bonds. The van der Waals surface area contributed by atoms with Crippen LogP contribution in [0, 0.1) is 11.7 Å². The maximum atomic E-state index is 14.7. The third-order valence-corrected chi connectivity index (χ3v) is 7.04. The molecule has 33 heavy (non-hydrogen) atoms. The second-order valence-electron chi connectivity index (χ2n) is 9.29. The lowest BCUT2D eigenvalue weighted by Gasteiger charge is -2.38. The minimum absolute atomic E-state index is 0.133. The molecule has 0 bridgehead atoms. The molecule has 7 heteroatoms. The molecule has 0 spiro atoms. The molecule has 0 unspecified atom stereocenters. The van der Waals surface area contributed by atoms with E-state index < -0.39 is 12.5 Å². The lowest BCUT2D eigenvalue weighted by atomic mass is 9.45. The van der Waals surface area contributed by atoms with Gasteiger partial charge in [-0.25, -0.2) is 8.78 Å². The zero-order valence-electron chi connectivity index (χ0n) is 19.7. The van der Waals surface area contributed by atoms with E-state index in [9.17, 15) is 13.6 Å². The second kappa shape index (κ2) is 10.6. The first kappa shape index (κ1) is 23.6. The summed E-state index contributed by atoms with van der Waals surface area (Å²) >= 11 is 0. The fourth-order valence-electron chi connectivity index (χ4n) is 4.61. The fraction of sp³-hybridized carbons (Fsp3) is 0.500. The third kappa shape index (κ3) is 5.51. The third-order valence-electron chi connectivity index (χ3n) is 7.04. The van der Waals surface area contributed by atoms with Crippen LogP contribution in [0.5, 0.6) is 0 Å². The van der Waals surface area contributed by atoms with Gasteiger partial charge in [0.05, 0.1) is 5.56 Å². The average molecular weight is 453 g/mol. The monoisotopic (exact) mass is 453 g/mol. The summed E-state index contributed by atoms with van der Waals surface area (Å²) in [6, 6.07) is 4.85. The van der Waals surface area contributed by atoms with Gasteiger partial charge in [-0.3, -0.25) is 4.79 Å². The topological polar surface area (TPSA) is 35.6 Å². The van der Waals surface area contributed by atoms with E-state index in [1.165, 1.54) is 18.1 Å². The van der Waals surface area contributed by atoms with Crippen LogP contribution in [-0.2, 0) is 0 Å². The van der Waals surface area contributed by atoms with Gasteiger partial charge in [0.1, 0.15) is 12.5 Å². The van der Waals surface area contributed by atoms with Crippen molar-refractivity contribution in [2.24, 2.45) is 5.92 Å². The second-order valence-corrected chi connectivity index (χ2v) is 9.29. The van der Waals surface area contributed by atoms with Crippen molar-refractivity contribution in [2.45, 2.75) is 45.8 Å². The molecule has 2 aliphatic heterocycles. The molecule has 0 atom stereocenters. The summed E-state index contributed by atoms with van der Waals surface area (Å²) < 4.78 is 28.1. The number of carbonyl (C=O) groups is 1. The SMILES string of the molecule is C/C=C(/C(=C\C(=C/C)CF)C1CC1)N1CCN(C(=O)c2ccc(NB3CCC3)cc2F)CC1. The Bertz CT molecular complexity index is 958. The molecule has 176 valence electrons. The molecule has 4 rings (SSSR count). The fourth-order valence-corrected chi connectivity index (χ4v) is 4.61. The van der Waals surface area contributed by atoms with Crippen molar-refractivity contribution in [1.82, 2.24) is 9.80 Å². The van der Waals surface area contributed by atoms with Gasteiger partial charge in [0.2, 0.25) is 0 Å². The molecule has 2 saturated heterocycles. The molecule has 1 aliphatic carbocycles. The Balaban J connectivity index is 1.40. The highest BCUT2D eigenvalue weighted by Gasteiger charge is 2.32. The molecule has 1 aromatic rings. The van der Waals surface area contributed by atoms with E-state index in [4.69, 9.17) is 0 Å². The van der Waals surface area contributed by atoms with Gasteiger partial charge in [0, 0.05) is 37.6 Å². The van der Waals surface area contributed by atoms with Crippen molar-refractivity contribution in [3.63, 3.8) is 0 Å². The van der Waals surface area contributed by atoms with Gasteiger partial charge in [0.15, 0.2) is 0 Å². The Morgan fingerprint density at radius 1 is 1.12 bits per heavy atom. The van der Waals surface area contributed by atoms with Crippen LogP contribution in [0.4, 0.5) is 14.5 Å². The standard InChI is InChI=1S/C26H34BF2N3O/c1-3-19(18-28)16-23(20-6-7-20)25(4-2)31-12-14-32(15-13-31)26(33)22-9-8-21(17-24(22)29)30-27-10-5-11-27/h3-4,8-9,16-17,20,30H,5-7,10-15,18H2,1-2H3/b19-3+,23-16-,25-4-. The van der Waals surface area contributed by atoms with Crippen molar-refractivity contribution >= 4 is 18.4 Å². The lowest BCUT2D eigenvalue weighted by Crippen LogP contribution is -2.48. The van der Waals surface area contributed by atoms with Crippen LogP contribution >= 0.6 is 0 Å². The van der Waals surface area contributed by atoms with Gasteiger partial charge >= 0.3 is 0 Å². The molecule has 0 aromatic heterocycles. The van der Waals surface area contributed by atoms with Gasteiger partial charge in [0.25, 0.3) is 12.8 Å². The van der Waals surface area contributed by atoms with Crippen LogP contribution in [0.3, 0.4) is 0 Å². The van der Waals surface area contributed by atoms with E-state index in [1.54, 1.807) is 17.0 Å². The number of nitrogens with one attached hydrogen (secondary N) is 1. The average Bonchev–Trinajstić information content (AvgIpc) is 3.64. The van der Waals surface area contributed by atoms with E-state index in [-0.39, 0.29) is 11.5 Å². The van der Waals surface area contributed by atoms with Crippen LogP contribution in [0.15, 0.2) is 53.3 Å². The van der Waals surface area contributed by atoms with Crippen LogP contribution < -0.4 is 5.23 Å². The Labute approximate surface area is 196 Å². The smallest absolute Gasteiger partial charge is 0.256 e. The van der Waals surface area contributed by atoms with E-state index in [2.05, 4.69) is 16.2 Å². The number of piperazine rings is 1. The van der Waals surface area contributed by atoms with E-state index in [0.717, 1.165) is 36.9 Å². The number of benzene rings is 1. The van der Waals surface area contributed by atoms with Gasteiger partial charge < -0.3 is 15.0 Å². The number of halogens is 2. The quantitative estimate of drug-likeness (QED) is 0.414. The van der Waals surface area contributed by atoms with Crippen molar-refractivity contribution < 1.29 is 13.6 Å². The Morgan fingerprint density at radius 3 is 2.33 bits per heavy atom. The van der Waals surface area contributed by atoms with E-state index in [1.807, 2.05) is 26.0 Å². The number of hydrogen-bond acceptors (Lipinski definition) is 3. The zero-order chi connectivity index (χ0) is 23.4. The maximum Gasteiger partial charge on any atom is 0.256 e. The largest absolute Gasteiger partial charge is 0.428 e. The summed E-state index contributed by atoms with van der Waals surface area (Å²) in [6.07, 6.45) is 11.6. The number of carbonyl (C=O) groups excluding carboxylic acids is 1. The number of allylic oxidation sites excluding steroid dienone is 5. The first-order valence-electron chi connectivity index (χ1n) is 12.2. The number of amides is 1. The van der Waals surface area contributed by atoms with Gasteiger partial charge in [-0.1, -0.05) is 37.3 Å². The molecule has 3 aliphatic rings. The Kier molecular flexibility index (Phi) is 7.56. The zero-order valence-corrected chi connectivity index (χ0v) is 19.7. The number of rotatable bonds is 8. The van der Waals surface area contributed by atoms with Crippen LogP contribution in [0.2, 0.25) is 12.6 Å². The number of anilines is 1.